The van der Waals surface area contributed by atoms with E-state index in [1.165, 1.54) is 12.1 Å². The monoisotopic (exact) mass is 372 g/mol. The smallest absolute Gasteiger partial charge is 0.272 e. The Kier molecular flexibility index (Phi) is 5.06. The van der Waals surface area contributed by atoms with Gasteiger partial charge in [-0.15, -0.1) is 6.58 Å². The van der Waals surface area contributed by atoms with Gasteiger partial charge in [0.05, 0.1) is 11.4 Å². The molecule has 1 atom stereocenters. The molecule has 3 rings (SSSR count). The van der Waals surface area contributed by atoms with Crippen molar-refractivity contribution in [2.45, 2.75) is 10.1 Å². The number of benzene rings is 2. The summed E-state index contributed by atoms with van der Waals surface area (Å²) >= 11 is 1.14. The first-order chi connectivity index (χ1) is 12.1. The zero-order valence-electron chi connectivity index (χ0n) is 13.3. The van der Waals surface area contributed by atoms with Gasteiger partial charge < -0.3 is 0 Å². The van der Waals surface area contributed by atoms with Gasteiger partial charge in [0.15, 0.2) is 5.17 Å². The van der Waals surface area contributed by atoms with Crippen LogP contribution in [0.15, 0.2) is 83.2 Å². The molecule has 1 aliphatic heterocycles. The van der Waals surface area contributed by atoms with Crippen molar-refractivity contribution >= 4 is 32.9 Å². The molecule has 25 heavy (non-hydrogen) atoms. The van der Waals surface area contributed by atoms with E-state index in [4.69, 9.17) is 0 Å². The van der Waals surface area contributed by atoms with E-state index in [2.05, 4.69) is 11.6 Å². The summed E-state index contributed by atoms with van der Waals surface area (Å²) in [5.74, 6) is -0.511. The summed E-state index contributed by atoms with van der Waals surface area (Å²) in [6.07, 6.45) is 1.56. The normalized spacial score (nSPS) is 19.4. The molecule has 2 aromatic rings. The molecule has 0 radical (unpaired) electrons. The predicted octanol–water partition coefficient (Wildman–Crippen LogP) is 3.23. The van der Waals surface area contributed by atoms with Crippen LogP contribution in [0.4, 0.5) is 0 Å². The number of thioether (sulfide) groups is 1. The first kappa shape index (κ1) is 17.4. The summed E-state index contributed by atoms with van der Waals surface area (Å²) < 4.78 is 26.8. The second-order valence-corrected chi connectivity index (χ2v) is 8.10. The quantitative estimate of drug-likeness (QED) is 0.756. The van der Waals surface area contributed by atoms with Crippen molar-refractivity contribution in [1.29, 1.82) is 0 Å². The summed E-state index contributed by atoms with van der Waals surface area (Å²) in [6, 6.07) is 17.0. The van der Waals surface area contributed by atoms with Crippen LogP contribution in [0.25, 0.3) is 0 Å². The molecule has 1 aliphatic rings. The van der Waals surface area contributed by atoms with Crippen molar-refractivity contribution in [2.24, 2.45) is 4.99 Å². The molecule has 1 amide bonds. The van der Waals surface area contributed by atoms with Crippen LogP contribution in [-0.4, -0.2) is 30.3 Å². The summed E-state index contributed by atoms with van der Waals surface area (Å²) in [5, 5.41) is -0.467. The van der Waals surface area contributed by atoms with Gasteiger partial charge >= 0.3 is 0 Å². The second-order valence-electron chi connectivity index (χ2n) is 5.24. The first-order valence-electron chi connectivity index (χ1n) is 7.57. The maximum absolute atomic E-state index is 13.0. The van der Waals surface area contributed by atoms with E-state index < -0.39 is 21.2 Å². The molecule has 1 fully saturated rings. The highest BCUT2D eigenvalue weighted by atomic mass is 32.2. The van der Waals surface area contributed by atoms with E-state index in [0.717, 1.165) is 21.6 Å². The van der Waals surface area contributed by atoms with Crippen molar-refractivity contribution in [1.82, 2.24) is 4.31 Å². The highest BCUT2D eigenvalue weighted by Crippen LogP contribution is 2.41. The largest absolute Gasteiger partial charge is 0.272 e. The van der Waals surface area contributed by atoms with Crippen molar-refractivity contribution in [3.8, 4) is 0 Å². The van der Waals surface area contributed by atoms with Crippen LogP contribution in [0.1, 0.15) is 10.8 Å². The number of amidine groups is 1. The van der Waals surface area contributed by atoms with Crippen LogP contribution in [0.5, 0.6) is 0 Å². The van der Waals surface area contributed by atoms with Crippen LogP contribution >= 0.6 is 11.8 Å². The van der Waals surface area contributed by atoms with Gasteiger partial charge in [-0.25, -0.2) is 8.42 Å². The van der Waals surface area contributed by atoms with Crippen molar-refractivity contribution < 1.29 is 13.2 Å². The molecule has 0 spiro atoms. The molecule has 0 N–H and O–H groups in total. The fraction of sp³-hybridized carbons (Fsp3) is 0.111. The SMILES string of the molecule is C=CCN=C1S[C@@H](c2ccccc2)C(=O)N1S(=O)(=O)c1ccccc1. The van der Waals surface area contributed by atoms with Gasteiger partial charge in [0, 0.05) is 0 Å². The van der Waals surface area contributed by atoms with Gasteiger partial charge in [0.1, 0.15) is 5.25 Å². The average Bonchev–Trinajstić information content (AvgIpc) is 2.98. The third-order valence-corrected chi connectivity index (χ3v) is 6.61. The molecule has 5 nitrogen and oxygen atoms in total. The molecule has 2 aromatic carbocycles. The minimum Gasteiger partial charge on any atom is -0.272 e. The lowest BCUT2D eigenvalue weighted by Crippen LogP contribution is -2.36. The lowest BCUT2D eigenvalue weighted by molar-refractivity contribution is -0.122. The number of hydrogen-bond acceptors (Lipinski definition) is 5. The average molecular weight is 372 g/mol. The maximum atomic E-state index is 13.0. The van der Waals surface area contributed by atoms with Gasteiger partial charge in [0.2, 0.25) is 0 Å². The Balaban J connectivity index is 2.06. The van der Waals surface area contributed by atoms with Crippen molar-refractivity contribution in [2.75, 3.05) is 6.54 Å². The van der Waals surface area contributed by atoms with E-state index >= 15 is 0 Å². The predicted molar refractivity (Wildman–Crippen MR) is 99.7 cm³/mol. The molecule has 0 bridgehead atoms. The number of aliphatic imine (C=N–C) groups is 1. The van der Waals surface area contributed by atoms with Gasteiger partial charge in [0.25, 0.3) is 15.9 Å². The molecule has 7 heteroatoms. The molecular weight excluding hydrogens is 356 g/mol. The van der Waals surface area contributed by atoms with E-state index in [1.807, 2.05) is 18.2 Å². The highest BCUT2D eigenvalue weighted by molar-refractivity contribution is 8.16. The number of sulfonamides is 1. The Labute approximate surface area is 151 Å². The maximum Gasteiger partial charge on any atom is 0.272 e. The minimum atomic E-state index is -4.01. The van der Waals surface area contributed by atoms with Crippen LogP contribution in [0.3, 0.4) is 0 Å². The van der Waals surface area contributed by atoms with E-state index in [1.54, 1.807) is 36.4 Å². The molecule has 128 valence electrons. The van der Waals surface area contributed by atoms with Crippen molar-refractivity contribution in [3.63, 3.8) is 0 Å². The zero-order chi connectivity index (χ0) is 17.9. The Hall–Kier alpha value is -2.38. The van der Waals surface area contributed by atoms with E-state index in [-0.39, 0.29) is 16.6 Å². The highest BCUT2D eigenvalue weighted by Gasteiger charge is 2.46. The van der Waals surface area contributed by atoms with Crippen LogP contribution < -0.4 is 0 Å². The van der Waals surface area contributed by atoms with E-state index in [9.17, 15) is 13.2 Å². The van der Waals surface area contributed by atoms with Crippen molar-refractivity contribution in [3.05, 3.63) is 78.9 Å². The third-order valence-electron chi connectivity index (χ3n) is 3.56. The number of carbonyl (C=O) groups is 1. The summed E-state index contributed by atoms with van der Waals surface area (Å²) in [5.41, 5.74) is 0.745. The standard InChI is InChI=1S/C18H16N2O3S2/c1-2-13-19-18-20(25(22,23)15-11-7-4-8-12-15)17(21)16(24-18)14-9-5-3-6-10-14/h2-12,16H,1,13H2/t16-/m0/s1. The second kappa shape index (κ2) is 7.25. The molecule has 0 aliphatic carbocycles. The van der Waals surface area contributed by atoms with Crippen LogP contribution in [0, 0.1) is 0 Å². The molecular formula is C18H16N2O3S2. The van der Waals surface area contributed by atoms with Crippen LogP contribution in [-0.2, 0) is 14.8 Å². The Morgan fingerprint density at radius 2 is 1.68 bits per heavy atom. The summed E-state index contributed by atoms with van der Waals surface area (Å²) in [7, 11) is -4.01. The number of amides is 1. The van der Waals surface area contributed by atoms with Gasteiger partial charge in [-0.05, 0) is 17.7 Å². The van der Waals surface area contributed by atoms with E-state index in [0.29, 0.717) is 0 Å². The molecule has 1 heterocycles. The topological polar surface area (TPSA) is 66.8 Å². The van der Waals surface area contributed by atoms with Gasteiger partial charge in [-0.3, -0.25) is 9.79 Å². The zero-order valence-corrected chi connectivity index (χ0v) is 14.9. The lowest BCUT2D eigenvalue weighted by Gasteiger charge is -2.16. The Morgan fingerprint density at radius 3 is 2.28 bits per heavy atom. The fourth-order valence-corrected chi connectivity index (χ4v) is 5.26. The molecule has 1 saturated heterocycles. The Bertz CT molecular complexity index is 910. The summed E-state index contributed by atoms with van der Waals surface area (Å²) in [4.78, 5) is 17.2. The fourth-order valence-electron chi connectivity index (χ4n) is 2.41. The number of nitrogens with zero attached hydrogens (tertiary/aromatic N) is 2. The molecule has 0 aromatic heterocycles. The molecule has 0 saturated carbocycles. The van der Waals surface area contributed by atoms with Gasteiger partial charge in [-0.1, -0.05) is 66.4 Å². The number of carbonyl (C=O) groups excluding carboxylic acids is 1. The minimum absolute atomic E-state index is 0.0592. The van der Waals surface area contributed by atoms with Crippen LogP contribution in [0.2, 0.25) is 0 Å². The number of hydrogen-bond donors (Lipinski definition) is 0. The lowest BCUT2D eigenvalue weighted by atomic mass is 10.1. The van der Waals surface area contributed by atoms with Gasteiger partial charge in [-0.2, -0.15) is 4.31 Å². The Morgan fingerprint density at radius 1 is 1.08 bits per heavy atom. The number of rotatable bonds is 5. The summed E-state index contributed by atoms with van der Waals surface area (Å²) in [6.45, 7) is 3.83. The molecule has 0 unspecified atom stereocenters. The third kappa shape index (κ3) is 3.38. The first-order valence-corrected chi connectivity index (χ1v) is 9.89.